The summed E-state index contributed by atoms with van der Waals surface area (Å²) in [4.78, 5) is 0. The third-order valence-electron chi connectivity index (χ3n) is 3.03. The van der Waals surface area contributed by atoms with E-state index >= 15 is 0 Å². The van der Waals surface area contributed by atoms with E-state index in [2.05, 4.69) is 71.3 Å². The first-order valence-corrected chi connectivity index (χ1v) is 8.39. The zero-order chi connectivity index (χ0) is 14.7. The van der Waals surface area contributed by atoms with Gasteiger partial charge in [-0.1, -0.05) is 53.9 Å². The van der Waals surface area contributed by atoms with Gasteiger partial charge in [-0.3, -0.25) is 0 Å². The molecule has 0 aliphatic carbocycles. The van der Waals surface area contributed by atoms with E-state index in [0.717, 1.165) is 19.2 Å². The minimum Gasteiger partial charge on any atom is -0.497 e. The summed E-state index contributed by atoms with van der Waals surface area (Å²) in [5.41, 5.74) is 2.35. The number of nitrogens with one attached hydrogen (secondary N) is 1. The fraction of sp³-hybridized carbons (Fsp3) is 0.200. The summed E-state index contributed by atoms with van der Waals surface area (Å²) < 4.78 is 8.36. The highest BCUT2D eigenvalue weighted by Gasteiger charge is 2.16. The first-order chi connectivity index (χ1) is 9.55. The molecule has 0 heterocycles. The van der Waals surface area contributed by atoms with Crippen LogP contribution in [0.3, 0.4) is 0 Å². The molecule has 20 heavy (non-hydrogen) atoms. The van der Waals surface area contributed by atoms with Gasteiger partial charge in [-0.2, -0.15) is 0 Å². The topological polar surface area (TPSA) is 21.3 Å². The van der Waals surface area contributed by atoms with Gasteiger partial charge in [0.05, 0.1) is 13.2 Å². The molecule has 0 spiro atoms. The molecule has 1 unspecified atom stereocenters. The summed E-state index contributed by atoms with van der Waals surface area (Å²) in [6, 6.07) is 12.4. The lowest BCUT2D eigenvalue weighted by atomic mass is 9.99. The molecular formula is C15H14Br3NO. The molecule has 1 N–H and O–H groups in total. The zero-order valence-electron chi connectivity index (χ0n) is 11.1. The minimum absolute atomic E-state index is 0.101. The van der Waals surface area contributed by atoms with Crippen molar-refractivity contribution in [3.05, 3.63) is 60.9 Å². The van der Waals surface area contributed by atoms with Crippen LogP contribution in [0, 0.1) is 0 Å². The Hall–Kier alpha value is -0.360. The van der Waals surface area contributed by atoms with E-state index in [1.54, 1.807) is 7.11 Å². The smallest absolute Gasteiger partial charge is 0.120 e. The number of hydrogen-bond donors (Lipinski definition) is 1. The summed E-state index contributed by atoms with van der Waals surface area (Å²) in [5, 5.41) is 3.35. The van der Waals surface area contributed by atoms with Crippen LogP contribution in [0.25, 0.3) is 0 Å². The largest absolute Gasteiger partial charge is 0.497 e. The van der Waals surface area contributed by atoms with Crippen LogP contribution >= 0.6 is 47.8 Å². The van der Waals surface area contributed by atoms with E-state index < -0.39 is 0 Å². The monoisotopic (exact) mass is 461 g/mol. The first kappa shape index (κ1) is 16.0. The summed E-state index contributed by atoms with van der Waals surface area (Å²) in [6.45, 7) is 0. The predicted octanol–water partition coefficient (Wildman–Crippen LogP) is 5.29. The van der Waals surface area contributed by atoms with E-state index in [4.69, 9.17) is 4.74 Å². The first-order valence-electron chi connectivity index (χ1n) is 6.02. The summed E-state index contributed by atoms with van der Waals surface area (Å²) in [6.07, 6.45) is 0. The predicted molar refractivity (Wildman–Crippen MR) is 93.4 cm³/mol. The van der Waals surface area contributed by atoms with Crippen LogP contribution in [0.1, 0.15) is 17.2 Å². The minimum atomic E-state index is 0.101. The van der Waals surface area contributed by atoms with Crippen molar-refractivity contribution in [3.63, 3.8) is 0 Å². The van der Waals surface area contributed by atoms with Crippen molar-refractivity contribution in [3.8, 4) is 5.75 Å². The fourth-order valence-electron chi connectivity index (χ4n) is 2.11. The quantitative estimate of drug-likeness (QED) is 0.665. The molecule has 106 valence electrons. The Labute approximate surface area is 144 Å². The van der Waals surface area contributed by atoms with Crippen molar-refractivity contribution in [2.24, 2.45) is 0 Å². The molecule has 5 heteroatoms. The lowest BCUT2D eigenvalue weighted by molar-refractivity contribution is 0.414. The Morgan fingerprint density at radius 1 is 1.00 bits per heavy atom. The van der Waals surface area contributed by atoms with Gasteiger partial charge in [-0.15, -0.1) is 0 Å². The molecule has 1 atom stereocenters. The molecule has 0 saturated carbocycles. The average molecular weight is 464 g/mol. The van der Waals surface area contributed by atoms with E-state index in [1.165, 1.54) is 11.1 Å². The number of methoxy groups -OCH3 is 1. The van der Waals surface area contributed by atoms with E-state index in [-0.39, 0.29) is 6.04 Å². The second-order valence-corrected chi connectivity index (χ2v) is 7.00. The molecule has 2 nitrogen and oxygen atoms in total. The van der Waals surface area contributed by atoms with Crippen LogP contribution in [-0.2, 0) is 0 Å². The van der Waals surface area contributed by atoms with Crippen molar-refractivity contribution < 1.29 is 4.74 Å². The average Bonchev–Trinajstić information content (AvgIpc) is 2.40. The Morgan fingerprint density at radius 2 is 1.65 bits per heavy atom. The van der Waals surface area contributed by atoms with Crippen molar-refractivity contribution in [1.82, 2.24) is 5.32 Å². The van der Waals surface area contributed by atoms with Gasteiger partial charge in [-0.25, -0.2) is 0 Å². The molecule has 0 radical (unpaired) electrons. The highest BCUT2D eigenvalue weighted by atomic mass is 79.9. The number of hydrogen-bond acceptors (Lipinski definition) is 2. The number of ether oxygens (including phenoxy) is 1. The molecular weight excluding hydrogens is 450 g/mol. The normalized spacial score (nSPS) is 12.2. The maximum absolute atomic E-state index is 5.24. The number of halogens is 3. The Bertz CT molecular complexity index is 596. The van der Waals surface area contributed by atoms with Gasteiger partial charge in [0.15, 0.2) is 0 Å². The molecule has 0 aliphatic rings. The highest BCUT2D eigenvalue weighted by Crippen LogP contribution is 2.33. The zero-order valence-corrected chi connectivity index (χ0v) is 15.8. The van der Waals surface area contributed by atoms with Crippen LogP contribution < -0.4 is 10.1 Å². The number of benzene rings is 2. The highest BCUT2D eigenvalue weighted by molar-refractivity contribution is 9.11. The molecule has 0 aromatic heterocycles. The Kier molecular flexibility index (Phi) is 5.66. The van der Waals surface area contributed by atoms with Gasteiger partial charge >= 0.3 is 0 Å². The standard InChI is InChI=1S/C15H14Br3NO/c1-19-15(9-5-10(16)7-11(17)6-9)13-4-3-12(20-2)8-14(13)18/h3-8,15,19H,1-2H3. The van der Waals surface area contributed by atoms with Crippen LogP contribution in [0.5, 0.6) is 5.75 Å². The van der Waals surface area contributed by atoms with E-state index in [0.29, 0.717) is 0 Å². The van der Waals surface area contributed by atoms with Crippen molar-refractivity contribution >= 4 is 47.8 Å². The molecule has 0 aliphatic heterocycles. The third kappa shape index (κ3) is 3.64. The van der Waals surface area contributed by atoms with E-state index in [9.17, 15) is 0 Å². The van der Waals surface area contributed by atoms with Crippen LogP contribution in [0.2, 0.25) is 0 Å². The van der Waals surface area contributed by atoms with Gasteiger partial charge < -0.3 is 10.1 Å². The second kappa shape index (κ2) is 7.07. The summed E-state index contributed by atoms with van der Waals surface area (Å²) >= 11 is 10.7. The van der Waals surface area contributed by atoms with Gasteiger partial charge in [0.2, 0.25) is 0 Å². The lowest BCUT2D eigenvalue weighted by Crippen LogP contribution is -2.18. The SMILES string of the molecule is CNC(c1cc(Br)cc(Br)c1)c1ccc(OC)cc1Br. The van der Waals surface area contributed by atoms with Gasteiger partial charge in [0.25, 0.3) is 0 Å². The number of rotatable bonds is 4. The molecule has 0 fully saturated rings. The van der Waals surface area contributed by atoms with Gasteiger partial charge in [0.1, 0.15) is 5.75 Å². The Morgan fingerprint density at radius 3 is 2.15 bits per heavy atom. The molecule has 0 amide bonds. The Balaban J connectivity index is 2.46. The summed E-state index contributed by atoms with van der Waals surface area (Å²) in [7, 11) is 3.62. The van der Waals surface area contributed by atoms with Crippen molar-refractivity contribution in [2.45, 2.75) is 6.04 Å². The van der Waals surface area contributed by atoms with Crippen LogP contribution in [-0.4, -0.2) is 14.2 Å². The molecule has 2 rings (SSSR count). The fourth-order valence-corrected chi connectivity index (χ4v) is 4.03. The van der Waals surface area contributed by atoms with E-state index in [1.807, 2.05) is 25.2 Å². The van der Waals surface area contributed by atoms with Crippen LogP contribution in [0.4, 0.5) is 0 Å². The summed E-state index contributed by atoms with van der Waals surface area (Å²) in [5.74, 6) is 0.839. The van der Waals surface area contributed by atoms with Crippen molar-refractivity contribution in [2.75, 3.05) is 14.2 Å². The molecule has 0 bridgehead atoms. The van der Waals surface area contributed by atoms with Gasteiger partial charge in [-0.05, 0) is 48.5 Å². The second-order valence-electron chi connectivity index (χ2n) is 4.31. The van der Waals surface area contributed by atoms with Crippen LogP contribution in [0.15, 0.2) is 49.8 Å². The lowest BCUT2D eigenvalue weighted by Gasteiger charge is -2.20. The van der Waals surface area contributed by atoms with Crippen molar-refractivity contribution in [1.29, 1.82) is 0 Å². The molecule has 0 saturated heterocycles. The molecule has 2 aromatic carbocycles. The third-order valence-corrected chi connectivity index (χ3v) is 4.63. The van der Waals surface area contributed by atoms with Gasteiger partial charge in [0, 0.05) is 13.4 Å². The maximum atomic E-state index is 5.24. The molecule has 2 aromatic rings. The maximum Gasteiger partial charge on any atom is 0.120 e.